The van der Waals surface area contributed by atoms with Gasteiger partial charge in [0.2, 0.25) is 0 Å². The molecule has 2 rings (SSSR count). The van der Waals surface area contributed by atoms with Crippen molar-refractivity contribution < 1.29 is 8.42 Å². The maximum atomic E-state index is 11.9. The number of pyridine rings is 1. The van der Waals surface area contributed by atoms with Gasteiger partial charge in [-0.2, -0.15) is 0 Å². The van der Waals surface area contributed by atoms with Gasteiger partial charge >= 0.3 is 0 Å². The van der Waals surface area contributed by atoms with Crippen molar-refractivity contribution in [2.45, 2.75) is 11.1 Å². The van der Waals surface area contributed by atoms with E-state index in [0.717, 1.165) is 5.69 Å². The molecule has 0 radical (unpaired) electrons. The molecule has 0 unspecified atom stereocenters. The van der Waals surface area contributed by atoms with Crippen LogP contribution in [0.15, 0.2) is 40.1 Å². The van der Waals surface area contributed by atoms with E-state index in [1.165, 1.54) is 11.3 Å². The molecule has 4 nitrogen and oxygen atoms in total. The van der Waals surface area contributed by atoms with Crippen LogP contribution in [0, 0.1) is 6.92 Å². The minimum Gasteiger partial charge on any atom is -0.279 e. The van der Waals surface area contributed by atoms with Crippen molar-refractivity contribution in [3.8, 4) is 0 Å². The number of thiophene rings is 1. The zero-order valence-electron chi connectivity index (χ0n) is 8.54. The number of aromatic nitrogens is 1. The van der Waals surface area contributed by atoms with Crippen molar-refractivity contribution in [1.29, 1.82) is 0 Å². The molecule has 0 amide bonds. The summed E-state index contributed by atoms with van der Waals surface area (Å²) in [6.45, 7) is 1.81. The second-order valence-electron chi connectivity index (χ2n) is 3.22. The fourth-order valence-corrected chi connectivity index (χ4v) is 3.27. The van der Waals surface area contributed by atoms with E-state index in [4.69, 9.17) is 0 Å². The van der Waals surface area contributed by atoms with Gasteiger partial charge in [0, 0.05) is 11.9 Å². The van der Waals surface area contributed by atoms with E-state index in [-0.39, 0.29) is 0 Å². The van der Waals surface area contributed by atoms with Crippen molar-refractivity contribution >= 4 is 27.0 Å². The maximum Gasteiger partial charge on any atom is 0.271 e. The summed E-state index contributed by atoms with van der Waals surface area (Å²) in [5.41, 5.74) is 1.30. The molecular weight excluding hydrogens is 244 g/mol. The third kappa shape index (κ3) is 2.40. The summed E-state index contributed by atoms with van der Waals surface area (Å²) < 4.78 is 26.5. The van der Waals surface area contributed by atoms with Crippen LogP contribution in [0.3, 0.4) is 0 Å². The van der Waals surface area contributed by atoms with Gasteiger partial charge in [-0.15, -0.1) is 11.3 Å². The molecule has 0 aliphatic rings. The minimum atomic E-state index is -3.45. The Morgan fingerprint density at radius 1 is 1.38 bits per heavy atom. The minimum absolute atomic E-state index is 0.307. The van der Waals surface area contributed by atoms with Crippen LogP contribution in [0.25, 0.3) is 0 Å². The number of rotatable bonds is 3. The molecule has 0 aliphatic carbocycles. The van der Waals surface area contributed by atoms with Gasteiger partial charge in [-0.05, 0) is 30.5 Å². The van der Waals surface area contributed by atoms with Crippen molar-refractivity contribution in [2.24, 2.45) is 0 Å². The van der Waals surface area contributed by atoms with Gasteiger partial charge < -0.3 is 0 Å². The Morgan fingerprint density at radius 3 is 2.81 bits per heavy atom. The highest BCUT2D eigenvalue weighted by atomic mass is 32.2. The molecule has 2 aromatic rings. The molecule has 1 N–H and O–H groups in total. The van der Waals surface area contributed by atoms with Gasteiger partial charge in [0.15, 0.2) is 0 Å². The monoisotopic (exact) mass is 254 g/mol. The summed E-state index contributed by atoms with van der Waals surface area (Å²) in [7, 11) is -3.45. The number of anilines is 1. The summed E-state index contributed by atoms with van der Waals surface area (Å²) in [6.07, 6.45) is 1.57. The first-order chi connectivity index (χ1) is 7.58. The molecule has 0 spiro atoms. The Hall–Kier alpha value is -1.40. The molecule has 0 aliphatic heterocycles. The highest BCUT2D eigenvalue weighted by molar-refractivity contribution is 7.94. The van der Waals surface area contributed by atoms with Crippen molar-refractivity contribution in [2.75, 3.05) is 4.72 Å². The SMILES string of the molecule is Cc1cc(NS(=O)(=O)c2cccs2)ccn1. The topological polar surface area (TPSA) is 59.1 Å². The molecule has 0 atom stereocenters. The van der Waals surface area contributed by atoms with Crippen LogP contribution in [0.2, 0.25) is 0 Å². The molecule has 16 heavy (non-hydrogen) atoms. The van der Waals surface area contributed by atoms with E-state index in [2.05, 4.69) is 9.71 Å². The molecule has 0 bridgehead atoms. The van der Waals surface area contributed by atoms with Crippen LogP contribution in [0.1, 0.15) is 5.69 Å². The van der Waals surface area contributed by atoms with Crippen LogP contribution in [-0.2, 0) is 10.0 Å². The normalized spacial score (nSPS) is 11.3. The number of hydrogen-bond donors (Lipinski definition) is 1. The Balaban J connectivity index is 2.29. The van der Waals surface area contributed by atoms with Gasteiger partial charge in [0.05, 0.1) is 5.69 Å². The number of aryl methyl sites for hydroxylation is 1. The van der Waals surface area contributed by atoms with E-state index < -0.39 is 10.0 Å². The lowest BCUT2D eigenvalue weighted by molar-refractivity contribution is 0.603. The zero-order chi connectivity index (χ0) is 11.6. The highest BCUT2D eigenvalue weighted by Crippen LogP contribution is 2.19. The number of nitrogens with zero attached hydrogens (tertiary/aromatic N) is 1. The van der Waals surface area contributed by atoms with Crippen molar-refractivity contribution in [3.63, 3.8) is 0 Å². The van der Waals surface area contributed by atoms with E-state index in [9.17, 15) is 8.42 Å². The first-order valence-corrected chi connectivity index (χ1v) is 6.93. The van der Waals surface area contributed by atoms with E-state index in [0.29, 0.717) is 9.90 Å². The molecule has 2 aromatic heterocycles. The zero-order valence-corrected chi connectivity index (χ0v) is 10.2. The lowest BCUT2D eigenvalue weighted by Crippen LogP contribution is -2.11. The van der Waals surface area contributed by atoms with E-state index in [1.54, 1.807) is 35.8 Å². The van der Waals surface area contributed by atoms with Crippen LogP contribution >= 0.6 is 11.3 Å². The Bertz CT molecular complexity index is 577. The molecule has 0 fully saturated rings. The number of sulfonamides is 1. The van der Waals surface area contributed by atoms with Crippen LogP contribution in [-0.4, -0.2) is 13.4 Å². The predicted molar refractivity (Wildman–Crippen MR) is 64.1 cm³/mol. The van der Waals surface area contributed by atoms with Gasteiger partial charge in [-0.1, -0.05) is 6.07 Å². The van der Waals surface area contributed by atoms with Crippen LogP contribution in [0.4, 0.5) is 5.69 Å². The largest absolute Gasteiger partial charge is 0.279 e. The van der Waals surface area contributed by atoms with Crippen molar-refractivity contribution in [3.05, 3.63) is 41.5 Å². The summed E-state index contributed by atoms with van der Waals surface area (Å²) in [6, 6.07) is 6.58. The molecule has 84 valence electrons. The molecule has 0 aromatic carbocycles. The number of hydrogen-bond acceptors (Lipinski definition) is 4. The molecular formula is C10H10N2O2S2. The fraction of sp³-hybridized carbons (Fsp3) is 0.100. The standard InChI is InChI=1S/C10H10N2O2S2/c1-8-7-9(4-5-11-8)12-16(13,14)10-3-2-6-15-10/h2-7H,1H3,(H,11,12). The van der Waals surface area contributed by atoms with Gasteiger partial charge in [-0.25, -0.2) is 8.42 Å². The average molecular weight is 254 g/mol. The molecule has 0 saturated carbocycles. The lowest BCUT2D eigenvalue weighted by atomic mass is 10.3. The fourth-order valence-electron chi connectivity index (χ4n) is 1.23. The van der Waals surface area contributed by atoms with Gasteiger partial charge in [-0.3, -0.25) is 9.71 Å². The van der Waals surface area contributed by atoms with Crippen LogP contribution < -0.4 is 4.72 Å². The third-order valence-electron chi connectivity index (χ3n) is 1.91. The summed E-state index contributed by atoms with van der Waals surface area (Å²) >= 11 is 1.19. The van der Waals surface area contributed by atoms with E-state index >= 15 is 0 Å². The van der Waals surface area contributed by atoms with Crippen molar-refractivity contribution in [1.82, 2.24) is 4.98 Å². The highest BCUT2D eigenvalue weighted by Gasteiger charge is 2.14. The third-order valence-corrected chi connectivity index (χ3v) is 4.69. The maximum absolute atomic E-state index is 11.9. The second-order valence-corrected chi connectivity index (χ2v) is 6.08. The quantitative estimate of drug-likeness (QED) is 0.914. The second kappa shape index (κ2) is 4.23. The average Bonchev–Trinajstić information content (AvgIpc) is 2.69. The lowest BCUT2D eigenvalue weighted by Gasteiger charge is -2.05. The predicted octanol–water partition coefficient (Wildman–Crippen LogP) is 2.25. The summed E-state index contributed by atoms with van der Waals surface area (Å²) in [5, 5.41) is 1.73. The molecule has 0 saturated heterocycles. The summed E-state index contributed by atoms with van der Waals surface area (Å²) in [5.74, 6) is 0. The Kier molecular flexibility index (Phi) is 2.93. The first-order valence-electron chi connectivity index (χ1n) is 4.57. The smallest absolute Gasteiger partial charge is 0.271 e. The van der Waals surface area contributed by atoms with Gasteiger partial charge in [0.25, 0.3) is 10.0 Å². The number of nitrogens with one attached hydrogen (secondary N) is 1. The summed E-state index contributed by atoms with van der Waals surface area (Å²) in [4.78, 5) is 4.00. The molecule has 6 heteroatoms. The van der Waals surface area contributed by atoms with Gasteiger partial charge in [0.1, 0.15) is 4.21 Å². The molecule has 2 heterocycles. The Morgan fingerprint density at radius 2 is 2.19 bits per heavy atom. The first kappa shape index (κ1) is 11.1. The van der Waals surface area contributed by atoms with E-state index in [1.807, 2.05) is 6.92 Å². The van der Waals surface area contributed by atoms with Crippen LogP contribution in [0.5, 0.6) is 0 Å². The Labute approximate surface area is 98.0 Å².